The van der Waals surface area contributed by atoms with Gasteiger partial charge in [0.2, 0.25) is 0 Å². The number of carbonyl (C=O) groups excluding carboxylic acids is 1. The van der Waals surface area contributed by atoms with Gasteiger partial charge in [0.1, 0.15) is 5.78 Å². The zero-order valence-electron chi connectivity index (χ0n) is 11.6. The van der Waals surface area contributed by atoms with Crippen molar-refractivity contribution < 1.29 is 4.79 Å². The van der Waals surface area contributed by atoms with Crippen molar-refractivity contribution >= 4 is 17.4 Å². The van der Waals surface area contributed by atoms with Crippen molar-refractivity contribution in [2.24, 2.45) is 0 Å². The predicted octanol–water partition coefficient (Wildman–Crippen LogP) is 3.95. The lowest BCUT2D eigenvalue weighted by molar-refractivity contribution is -0.118. The van der Waals surface area contributed by atoms with Crippen molar-refractivity contribution in [1.82, 2.24) is 9.78 Å². The molecule has 0 aliphatic heterocycles. The molecule has 0 saturated carbocycles. The van der Waals surface area contributed by atoms with Crippen LogP contribution in [0.1, 0.15) is 57.3 Å². The van der Waals surface area contributed by atoms with Gasteiger partial charge >= 0.3 is 0 Å². The van der Waals surface area contributed by atoms with E-state index in [1.165, 1.54) is 12.8 Å². The van der Waals surface area contributed by atoms with Crippen molar-refractivity contribution in [2.45, 2.75) is 65.8 Å². The molecule has 1 rings (SSSR count). The number of unbranched alkanes of at least 4 members (excludes halogenated alkanes) is 3. The van der Waals surface area contributed by atoms with Crippen LogP contribution in [-0.2, 0) is 17.8 Å². The molecule has 0 radical (unpaired) electrons. The summed E-state index contributed by atoms with van der Waals surface area (Å²) in [5, 5.41) is 4.98. The molecule has 0 saturated heterocycles. The van der Waals surface area contributed by atoms with Crippen LogP contribution in [0.5, 0.6) is 0 Å². The molecule has 1 heterocycles. The van der Waals surface area contributed by atoms with Crippen molar-refractivity contribution in [2.75, 3.05) is 0 Å². The van der Waals surface area contributed by atoms with Crippen LogP contribution in [-0.4, -0.2) is 15.6 Å². The van der Waals surface area contributed by atoms with Crippen LogP contribution in [0.2, 0.25) is 5.02 Å². The summed E-state index contributed by atoms with van der Waals surface area (Å²) < 4.78 is 1.83. The number of halogens is 1. The fraction of sp³-hybridized carbons (Fsp3) is 0.714. The molecule has 18 heavy (non-hydrogen) atoms. The molecule has 0 aliphatic rings. The Labute approximate surface area is 115 Å². The predicted molar refractivity (Wildman–Crippen MR) is 75.1 cm³/mol. The Bertz CT molecular complexity index is 399. The second kappa shape index (κ2) is 7.57. The van der Waals surface area contributed by atoms with Crippen molar-refractivity contribution in [1.29, 1.82) is 0 Å². The minimum atomic E-state index is 0.266. The van der Waals surface area contributed by atoms with E-state index in [4.69, 9.17) is 11.6 Å². The number of hydrogen-bond acceptors (Lipinski definition) is 2. The summed E-state index contributed by atoms with van der Waals surface area (Å²) in [6.07, 6.45) is 5.61. The Morgan fingerprint density at radius 3 is 2.61 bits per heavy atom. The quantitative estimate of drug-likeness (QED) is 0.671. The number of Topliss-reactive ketones (excluding diaryl/α,β-unsaturated/α-hetero) is 1. The SMILES string of the molecule is CCCCCCC(=O)Cc1c(Cl)c(C)nn1CC. The lowest BCUT2D eigenvalue weighted by atomic mass is 10.1. The molecule has 1 aromatic rings. The van der Waals surface area contributed by atoms with Gasteiger partial charge in [0.15, 0.2) is 0 Å². The van der Waals surface area contributed by atoms with Crippen LogP contribution in [0.4, 0.5) is 0 Å². The van der Waals surface area contributed by atoms with E-state index in [2.05, 4.69) is 12.0 Å². The average molecular weight is 271 g/mol. The Morgan fingerprint density at radius 2 is 2.00 bits per heavy atom. The molecule has 0 atom stereocenters. The van der Waals surface area contributed by atoms with Crippen LogP contribution in [0, 0.1) is 6.92 Å². The van der Waals surface area contributed by atoms with Crippen LogP contribution < -0.4 is 0 Å². The average Bonchev–Trinajstić information content (AvgIpc) is 2.62. The lowest BCUT2D eigenvalue weighted by Crippen LogP contribution is -2.09. The lowest BCUT2D eigenvalue weighted by Gasteiger charge is -2.05. The van der Waals surface area contributed by atoms with Gasteiger partial charge in [-0.2, -0.15) is 5.10 Å². The summed E-state index contributed by atoms with van der Waals surface area (Å²) in [6.45, 7) is 6.82. The third-order valence-electron chi connectivity index (χ3n) is 3.13. The zero-order chi connectivity index (χ0) is 13.5. The fourth-order valence-electron chi connectivity index (χ4n) is 2.06. The zero-order valence-corrected chi connectivity index (χ0v) is 12.4. The topological polar surface area (TPSA) is 34.9 Å². The highest BCUT2D eigenvalue weighted by molar-refractivity contribution is 6.32. The van der Waals surface area contributed by atoms with Gasteiger partial charge in [-0.15, -0.1) is 0 Å². The van der Waals surface area contributed by atoms with E-state index in [-0.39, 0.29) is 5.78 Å². The molecule has 4 heteroatoms. The third-order valence-corrected chi connectivity index (χ3v) is 3.62. The molecule has 0 aromatic carbocycles. The molecule has 102 valence electrons. The number of aryl methyl sites for hydroxylation is 2. The molecule has 1 aromatic heterocycles. The Kier molecular flexibility index (Phi) is 6.41. The summed E-state index contributed by atoms with van der Waals surface area (Å²) in [6, 6.07) is 0. The van der Waals surface area contributed by atoms with Crippen LogP contribution in [0.25, 0.3) is 0 Å². The molecule has 0 fully saturated rings. The highest BCUT2D eigenvalue weighted by Crippen LogP contribution is 2.21. The standard InChI is InChI=1S/C14H23ClN2O/c1-4-6-7-8-9-12(18)10-13-14(15)11(3)16-17(13)5-2/h4-10H2,1-3H3. The molecule has 0 amide bonds. The minimum absolute atomic E-state index is 0.266. The number of hydrogen-bond donors (Lipinski definition) is 0. The maximum absolute atomic E-state index is 11.9. The fourth-order valence-corrected chi connectivity index (χ4v) is 2.26. The van der Waals surface area contributed by atoms with E-state index in [1.807, 2.05) is 18.5 Å². The molecular weight excluding hydrogens is 248 g/mol. The first kappa shape index (κ1) is 15.2. The summed E-state index contributed by atoms with van der Waals surface area (Å²) in [5.41, 5.74) is 1.68. The van der Waals surface area contributed by atoms with Gasteiger partial charge in [0, 0.05) is 19.4 Å². The first-order valence-electron chi connectivity index (χ1n) is 6.83. The second-order valence-electron chi connectivity index (χ2n) is 4.69. The van der Waals surface area contributed by atoms with E-state index in [0.29, 0.717) is 17.9 Å². The normalized spacial score (nSPS) is 10.9. The smallest absolute Gasteiger partial charge is 0.138 e. The summed E-state index contributed by atoms with van der Waals surface area (Å²) >= 11 is 6.18. The maximum Gasteiger partial charge on any atom is 0.138 e. The maximum atomic E-state index is 11.9. The van der Waals surface area contributed by atoms with Gasteiger partial charge < -0.3 is 0 Å². The second-order valence-corrected chi connectivity index (χ2v) is 5.07. The molecule has 0 spiro atoms. The van der Waals surface area contributed by atoms with Gasteiger partial charge in [-0.05, 0) is 20.3 Å². The first-order valence-corrected chi connectivity index (χ1v) is 7.21. The van der Waals surface area contributed by atoms with Gasteiger partial charge in [-0.25, -0.2) is 0 Å². The van der Waals surface area contributed by atoms with Crippen LogP contribution in [0.3, 0.4) is 0 Å². The molecule has 0 aliphatic carbocycles. The van der Waals surface area contributed by atoms with Crippen LogP contribution in [0.15, 0.2) is 0 Å². The minimum Gasteiger partial charge on any atom is -0.299 e. The summed E-state index contributed by atoms with van der Waals surface area (Å²) in [7, 11) is 0. The summed E-state index contributed by atoms with van der Waals surface area (Å²) in [5.74, 6) is 0.266. The first-order chi connectivity index (χ1) is 8.60. The highest BCUT2D eigenvalue weighted by atomic mass is 35.5. The van der Waals surface area contributed by atoms with E-state index in [0.717, 1.165) is 30.8 Å². The number of nitrogens with zero attached hydrogens (tertiary/aromatic N) is 2. The highest BCUT2D eigenvalue weighted by Gasteiger charge is 2.15. The third kappa shape index (κ3) is 4.13. The van der Waals surface area contributed by atoms with Gasteiger partial charge in [-0.1, -0.05) is 37.8 Å². The number of carbonyl (C=O) groups is 1. The van der Waals surface area contributed by atoms with E-state index < -0.39 is 0 Å². The summed E-state index contributed by atoms with van der Waals surface area (Å²) in [4.78, 5) is 11.9. The van der Waals surface area contributed by atoms with Gasteiger partial charge in [0.05, 0.1) is 16.4 Å². The van der Waals surface area contributed by atoms with E-state index >= 15 is 0 Å². The molecule has 0 N–H and O–H groups in total. The number of ketones is 1. The van der Waals surface area contributed by atoms with Crippen LogP contribution >= 0.6 is 11.6 Å². The number of aromatic nitrogens is 2. The van der Waals surface area contributed by atoms with Crippen molar-refractivity contribution in [3.8, 4) is 0 Å². The van der Waals surface area contributed by atoms with E-state index in [1.54, 1.807) is 0 Å². The molecule has 0 unspecified atom stereocenters. The Balaban J connectivity index is 2.53. The molecule has 0 bridgehead atoms. The van der Waals surface area contributed by atoms with Gasteiger partial charge in [-0.3, -0.25) is 9.48 Å². The Hall–Kier alpha value is -0.830. The largest absolute Gasteiger partial charge is 0.299 e. The molecule has 3 nitrogen and oxygen atoms in total. The Morgan fingerprint density at radius 1 is 1.28 bits per heavy atom. The van der Waals surface area contributed by atoms with Crippen molar-refractivity contribution in [3.63, 3.8) is 0 Å². The number of rotatable bonds is 8. The van der Waals surface area contributed by atoms with Crippen molar-refractivity contribution in [3.05, 3.63) is 16.4 Å². The van der Waals surface area contributed by atoms with E-state index in [9.17, 15) is 4.79 Å². The monoisotopic (exact) mass is 270 g/mol. The van der Waals surface area contributed by atoms with Gasteiger partial charge in [0.25, 0.3) is 0 Å². The molecular formula is C14H23ClN2O.